The largest absolute Gasteiger partial charge is 0.324 e. The minimum atomic E-state index is 0.0126. The summed E-state index contributed by atoms with van der Waals surface area (Å²) in [5.41, 5.74) is 2.04. The molecule has 0 aromatic heterocycles. The summed E-state index contributed by atoms with van der Waals surface area (Å²) in [7, 11) is 1.93. The van der Waals surface area contributed by atoms with E-state index in [-0.39, 0.29) is 12.1 Å². The molecule has 1 aromatic carbocycles. The first-order valence-electron chi connectivity index (χ1n) is 6.93. The molecule has 1 aromatic rings. The van der Waals surface area contributed by atoms with Crippen molar-refractivity contribution in [1.82, 2.24) is 10.2 Å². The molecule has 1 aliphatic rings. The van der Waals surface area contributed by atoms with Crippen LogP contribution < -0.4 is 10.6 Å². The third-order valence-corrected chi connectivity index (χ3v) is 3.78. The predicted octanol–water partition coefficient (Wildman–Crippen LogP) is 2.84. The molecule has 0 spiro atoms. The monoisotopic (exact) mass is 261 g/mol. The van der Waals surface area contributed by atoms with Gasteiger partial charge in [-0.2, -0.15) is 0 Å². The molecule has 2 atom stereocenters. The van der Waals surface area contributed by atoms with Crippen LogP contribution in [0.1, 0.15) is 31.9 Å². The zero-order valence-corrected chi connectivity index (χ0v) is 11.9. The summed E-state index contributed by atoms with van der Waals surface area (Å²) in [6, 6.07) is 8.30. The van der Waals surface area contributed by atoms with Crippen molar-refractivity contribution in [2.24, 2.45) is 5.92 Å². The summed E-state index contributed by atoms with van der Waals surface area (Å²) in [4.78, 5) is 14.0. The molecule has 2 unspecified atom stereocenters. The van der Waals surface area contributed by atoms with Crippen molar-refractivity contribution in [3.8, 4) is 0 Å². The number of amides is 2. The Morgan fingerprint density at radius 1 is 1.47 bits per heavy atom. The van der Waals surface area contributed by atoms with Crippen LogP contribution in [0.15, 0.2) is 24.3 Å². The van der Waals surface area contributed by atoms with Crippen LogP contribution in [0.4, 0.5) is 10.5 Å². The van der Waals surface area contributed by atoms with E-state index >= 15 is 0 Å². The predicted molar refractivity (Wildman–Crippen MR) is 78.3 cm³/mol. The van der Waals surface area contributed by atoms with Crippen LogP contribution in [0.2, 0.25) is 0 Å². The first-order chi connectivity index (χ1) is 9.10. The Bertz CT molecular complexity index is 447. The lowest BCUT2D eigenvalue weighted by Gasteiger charge is -2.18. The number of carbonyl (C=O) groups is 1. The van der Waals surface area contributed by atoms with Gasteiger partial charge in [0.25, 0.3) is 0 Å². The van der Waals surface area contributed by atoms with Crippen LogP contribution in [-0.2, 0) is 0 Å². The first kappa shape index (κ1) is 13.9. The van der Waals surface area contributed by atoms with E-state index in [0.29, 0.717) is 5.92 Å². The molecule has 1 aliphatic heterocycles. The maximum atomic E-state index is 12.1. The highest BCUT2D eigenvalue weighted by Crippen LogP contribution is 2.19. The molecule has 4 nitrogen and oxygen atoms in total. The number of rotatable bonds is 3. The third kappa shape index (κ3) is 3.47. The minimum Gasteiger partial charge on any atom is -0.324 e. The molecular weight excluding hydrogens is 238 g/mol. The maximum absolute atomic E-state index is 12.1. The van der Waals surface area contributed by atoms with Gasteiger partial charge in [-0.15, -0.1) is 0 Å². The van der Waals surface area contributed by atoms with Crippen LogP contribution in [0, 0.1) is 5.92 Å². The summed E-state index contributed by atoms with van der Waals surface area (Å²) in [5.74, 6) is 0.612. The summed E-state index contributed by atoms with van der Waals surface area (Å²) in [5, 5.41) is 6.18. The molecule has 2 N–H and O–H groups in total. The molecule has 19 heavy (non-hydrogen) atoms. The fourth-order valence-electron chi connectivity index (χ4n) is 2.37. The first-order valence-corrected chi connectivity index (χ1v) is 6.93. The van der Waals surface area contributed by atoms with E-state index in [9.17, 15) is 4.79 Å². The maximum Gasteiger partial charge on any atom is 0.321 e. The van der Waals surface area contributed by atoms with Gasteiger partial charge in [-0.1, -0.05) is 19.1 Å². The zero-order valence-electron chi connectivity index (χ0n) is 11.9. The van der Waals surface area contributed by atoms with Gasteiger partial charge in [-0.05, 0) is 44.0 Å². The standard InChI is InChI=1S/C15H23N3O/c1-11-7-8-18(10-11)15(19)17-14-6-4-5-13(9-14)12(2)16-3/h4-6,9,11-12,16H,7-8,10H2,1-3H3,(H,17,19). The average Bonchev–Trinajstić information content (AvgIpc) is 2.85. The molecule has 0 aliphatic carbocycles. The molecule has 4 heteroatoms. The number of hydrogen-bond acceptors (Lipinski definition) is 2. The summed E-state index contributed by atoms with van der Waals surface area (Å²) < 4.78 is 0. The van der Waals surface area contributed by atoms with E-state index in [0.717, 1.165) is 25.2 Å². The highest BCUT2D eigenvalue weighted by molar-refractivity contribution is 5.89. The lowest BCUT2D eigenvalue weighted by Crippen LogP contribution is -2.32. The number of anilines is 1. The van der Waals surface area contributed by atoms with Crippen LogP contribution in [0.3, 0.4) is 0 Å². The van der Waals surface area contributed by atoms with Gasteiger partial charge in [0.2, 0.25) is 0 Å². The molecule has 104 valence electrons. The highest BCUT2D eigenvalue weighted by atomic mass is 16.2. The molecule has 2 amide bonds. The van der Waals surface area contributed by atoms with E-state index in [1.165, 1.54) is 5.56 Å². The summed E-state index contributed by atoms with van der Waals surface area (Å²) >= 11 is 0. The second kappa shape index (κ2) is 6.06. The lowest BCUT2D eigenvalue weighted by molar-refractivity contribution is 0.221. The van der Waals surface area contributed by atoms with Gasteiger partial charge in [0, 0.05) is 24.8 Å². The molecular formula is C15H23N3O. The van der Waals surface area contributed by atoms with E-state index in [2.05, 4.69) is 30.5 Å². The van der Waals surface area contributed by atoms with Crippen LogP contribution in [0.25, 0.3) is 0 Å². The SMILES string of the molecule is CNC(C)c1cccc(NC(=O)N2CCC(C)C2)c1. The normalized spacial score (nSPS) is 20.4. The molecule has 2 rings (SSSR count). The van der Waals surface area contributed by atoms with Gasteiger partial charge in [0.1, 0.15) is 0 Å². The van der Waals surface area contributed by atoms with Gasteiger partial charge in [-0.25, -0.2) is 4.79 Å². The van der Waals surface area contributed by atoms with Gasteiger partial charge in [0.05, 0.1) is 0 Å². The third-order valence-electron chi connectivity index (χ3n) is 3.78. The lowest BCUT2D eigenvalue weighted by atomic mass is 10.1. The number of nitrogens with zero attached hydrogens (tertiary/aromatic N) is 1. The van der Waals surface area contributed by atoms with Crippen molar-refractivity contribution in [2.45, 2.75) is 26.3 Å². The second-order valence-electron chi connectivity index (χ2n) is 5.41. The van der Waals surface area contributed by atoms with Crippen molar-refractivity contribution in [3.63, 3.8) is 0 Å². The molecule has 0 bridgehead atoms. The summed E-state index contributed by atoms with van der Waals surface area (Å²) in [6.45, 7) is 6.00. The zero-order chi connectivity index (χ0) is 13.8. The quantitative estimate of drug-likeness (QED) is 0.878. The fraction of sp³-hybridized carbons (Fsp3) is 0.533. The summed E-state index contributed by atoms with van der Waals surface area (Å²) in [6.07, 6.45) is 1.10. The van der Waals surface area contributed by atoms with E-state index in [1.54, 1.807) is 0 Å². The van der Waals surface area contributed by atoms with Crippen LogP contribution >= 0.6 is 0 Å². The Kier molecular flexibility index (Phi) is 4.43. The Hall–Kier alpha value is -1.55. The smallest absolute Gasteiger partial charge is 0.321 e. The molecule has 0 saturated carbocycles. The number of likely N-dealkylation sites (tertiary alicyclic amines) is 1. The number of nitrogens with one attached hydrogen (secondary N) is 2. The highest BCUT2D eigenvalue weighted by Gasteiger charge is 2.23. The molecule has 1 saturated heterocycles. The van der Waals surface area contributed by atoms with Crippen LogP contribution in [0.5, 0.6) is 0 Å². The Morgan fingerprint density at radius 3 is 2.89 bits per heavy atom. The number of hydrogen-bond donors (Lipinski definition) is 2. The number of carbonyl (C=O) groups excluding carboxylic acids is 1. The van der Waals surface area contributed by atoms with Crippen molar-refractivity contribution >= 4 is 11.7 Å². The van der Waals surface area contributed by atoms with Gasteiger partial charge in [-0.3, -0.25) is 0 Å². The van der Waals surface area contributed by atoms with Crippen molar-refractivity contribution in [2.75, 3.05) is 25.5 Å². The number of benzene rings is 1. The molecule has 0 radical (unpaired) electrons. The van der Waals surface area contributed by atoms with Gasteiger partial charge >= 0.3 is 6.03 Å². The Labute approximate surface area is 115 Å². The topological polar surface area (TPSA) is 44.4 Å². The molecule has 1 fully saturated rings. The number of urea groups is 1. The van der Waals surface area contributed by atoms with Crippen molar-refractivity contribution in [3.05, 3.63) is 29.8 Å². The van der Waals surface area contributed by atoms with Gasteiger partial charge < -0.3 is 15.5 Å². The van der Waals surface area contributed by atoms with E-state index in [4.69, 9.17) is 0 Å². The average molecular weight is 261 g/mol. The minimum absolute atomic E-state index is 0.0126. The Morgan fingerprint density at radius 2 is 2.26 bits per heavy atom. The Balaban J connectivity index is 2.00. The van der Waals surface area contributed by atoms with E-state index in [1.807, 2.05) is 30.1 Å². The fourth-order valence-corrected chi connectivity index (χ4v) is 2.37. The van der Waals surface area contributed by atoms with Crippen molar-refractivity contribution < 1.29 is 4.79 Å². The van der Waals surface area contributed by atoms with Crippen LogP contribution in [-0.4, -0.2) is 31.1 Å². The molecule has 1 heterocycles. The second-order valence-corrected chi connectivity index (χ2v) is 5.41. The van der Waals surface area contributed by atoms with Crippen molar-refractivity contribution in [1.29, 1.82) is 0 Å². The van der Waals surface area contributed by atoms with Gasteiger partial charge in [0.15, 0.2) is 0 Å². The van der Waals surface area contributed by atoms with E-state index < -0.39 is 0 Å².